The van der Waals surface area contributed by atoms with Crippen LogP contribution in [0.5, 0.6) is 11.6 Å². The minimum absolute atomic E-state index is 0.00771. The monoisotopic (exact) mass is 1170 g/mol. The molecule has 0 amide bonds. The summed E-state index contributed by atoms with van der Waals surface area (Å²) in [5.41, 5.74) is -0.314. The van der Waals surface area contributed by atoms with Crippen molar-refractivity contribution in [2.24, 2.45) is 30.7 Å². The van der Waals surface area contributed by atoms with Gasteiger partial charge >= 0.3 is 0 Å². The number of aromatic nitrogens is 3. The topological polar surface area (TPSA) is 416 Å². The van der Waals surface area contributed by atoms with Crippen LogP contribution in [0.4, 0.5) is 33.6 Å². The number of aliphatic hydroxyl groups excluding tert-OH is 2. The molecule has 0 atom stereocenters. The molecule has 0 unspecified atom stereocenters. The Morgan fingerprint density at radius 2 is 1.39 bits per heavy atom. The second-order valence-corrected chi connectivity index (χ2v) is 24.7. The fraction of sp³-hybridized carbons (Fsp3) is 0.222. The Kier molecular flexibility index (Phi) is 16.2. The van der Waals surface area contributed by atoms with Gasteiger partial charge < -0.3 is 20.1 Å². The van der Waals surface area contributed by atoms with Crippen molar-refractivity contribution in [3.63, 3.8) is 0 Å². The summed E-state index contributed by atoms with van der Waals surface area (Å²) >= 11 is 2.08. The molecule has 402 valence electrons. The molecule has 0 aliphatic rings. The van der Waals surface area contributed by atoms with E-state index in [1.165, 1.54) is 43.3 Å². The summed E-state index contributed by atoms with van der Waals surface area (Å²) in [6.07, 6.45) is -0.214. The Morgan fingerprint density at radius 3 is 2.06 bits per heavy atom. The molecule has 0 saturated carbocycles. The van der Waals surface area contributed by atoms with E-state index >= 15 is 0 Å². The SMILES string of the molecule is Cc1cc(N=Nc2c(C)c(C#N)c3nc4c(S(=O)(=O)O)cc(CO)cc4n3c2O)c(OCCCS(=O)(=O)O)cc1N=Nc1cc(CO)c(N=Nc2nc3c(S(=O)(=O)O)cc4ccccc4c3s2)cc1SCCCS(=O)(=O)O. The van der Waals surface area contributed by atoms with Crippen LogP contribution in [0.15, 0.2) is 112 Å². The number of hydrogen-bond donors (Lipinski definition) is 7. The van der Waals surface area contributed by atoms with E-state index in [2.05, 4.69) is 40.7 Å². The first-order chi connectivity index (χ1) is 36.3. The maximum Gasteiger partial charge on any atom is 0.296 e. The number of aryl methyl sites for hydroxylation is 1. The normalized spacial score (nSPS) is 12.9. The number of thiazole rings is 1. The van der Waals surface area contributed by atoms with Crippen LogP contribution >= 0.6 is 23.1 Å². The first kappa shape index (κ1) is 56.2. The molecular formula is C45H40N10O16S6. The van der Waals surface area contributed by atoms with Gasteiger partial charge in [-0.2, -0.15) is 44.0 Å². The Morgan fingerprint density at radius 1 is 0.727 bits per heavy atom. The first-order valence-electron chi connectivity index (χ1n) is 22.1. The Balaban J connectivity index is 1.19. The van der Waals surface area contributed by atoms with Crippen LogP contribution in [0.25, 0.3) is 37.7 Å². The number of imidazole rings is 1. The van der Waals surface area contributed by atoms with Gasteiger partial charge in [0, 0.05) is 27.5 Å². The quantitative estimate of drug-likeness (QED) is 0.0162. The van der Waals surface area contributed by atoms with Crippen molar-refractivity contribution < 1.29 is 71.9 Å². The maximum atomic E-state index is 12.4. The highest BCUT2D eigenvalue weighted by atomic mass is 32.2. The van der Waals surface area contributed by atoms with E-state index in [1.54, 1.807) is 31.2 Å². The van der Waals surface area contributed by atoms with E-state index in [4.69, 9.17) is 4.74 Å². The van der Waals surface area contributed by atoms with Crippen LogP contribution in [0.2, 0.25) is 0 Å². The number of rotatable bonds is 20. The summed E-state index contributed by atoms with van der Waals surface area (Å²) in [4.78, 5) is 7.77. The number of fused-ring (bicyclic) bond motifs is 6. The number of aromatic hydroxyl groups is 1. The highest BCUT2D eigenvalue weighted by Crippen LogP contribution is 2.44. The zero-order chi connectivity index (χ0) is 55.8. The number of nitriles is 1. The molecular weight excluding hydrogens is 1130 g/mol. The van der Waals surface area contributed by atoms with Gasteiger partial charge in [0.1, 0.15) is 43.9 Å². The lowest BCUT2D eigenvalue weighted by atomic mass is 10.1. The van der Waals surface area contributed by atoms with Crippen molar-refractivity contribution in [3.05, 3.63) is 94.5 Å². The fourth-order valence-electron chi connectivity index (χ4n) is 7.75. The molecule has 5 aromatic carbocycles. The molecule has 0 spiro atoms. The lowest BCUT2D eigenvalue weighted by Gasteiger charge is -2.12. The van der Waals surface area contributed by atoms with Crippen LogP contribution < -0.4 is 4.74 Å². The number of aliphatic hydroxyl groups is 2. The highest BCUT2D eigenvalue weighted by Gasteiger charge is 2.27. The van der Waals surface area contributed by atoms with Crippen LogP contribution in [0, 0.1) is 25.2 Å². The van der Waals surface area contributed by atoms with Crippen molar-refractivity contribution >= 4 is 135 Å². The van der Waals surface area contributed by atoms with E-state index in [-0.39, 0.29) is 109 Å². The molecule has 0 aliphatic carbocycles. The van der Waals surface area contributed by atoms with Crippen LogP contribution in [-0.2, 0) is 53.7 Å². The van der Waals surface area contributed by atoms with Gasteiger partial charge in [-0.25, -0.2) is 9.97 Å². The average Bonchev–Trinajstić information content (AvgIpc) is 4.00. The maximum absolute atomic E-state index is 12.4. The minimum Gasteiger partial charge on any atom is -0.493 e. The number of pyridine rings is 1. The molecule has 77 heavy (non-hydrogen) atoms. The Bertz CT molecular complexity index is 4330. The van der Waals surface area contributed by atoms with Gasteiger partial charge in [-0.05, 0) is 85.4 Å². The van der Waals surface area contributed by atoms with E-state index in [1.807, 2.05) is 6.07 Å². The summed E-state index contributed by atoms with van der Waals surface area (Å²) in [6.45, 7) is 1.39. The van der Waals surface area contributed by atoms with Gasteiger partial charge in [-0.1, -0.05) is 35.6 Å². The summed E-state index contributed by atoms with van der Waals surface area (Å²) in [7, 11) is -18.4. The molecule has 8 rings (SSSR count). The number of hydrogen-bond acceptors (Lipinski definition) is 23. The largest absolute Gasteiger partial charge is 0.493 e. The van der Waals surface area contributed by atoms with E-state index in [0.717, 1.165) is 33.6 Å². The van der Waals surface area contributed by atoms with Gasteiger partial charge in [-0.15, -0.1) is 37.3 Å². The summed E-state index contributed by atoms with van der Waals surface area (Å²) < 4.78 is 142. The second-order valence-electron chi connectivity index (χ2n) is 16.7. The summed E-state index contributed by atoms with van der Waals surface area (Å²) in [5.74, 6) is -1.89. The smallest absolute Gasteiger partial charge is 0.296 e. The molecule has 0 fully saturated rings. The molecule has 3 aromatic heterocycles. The van der Waals surface area contributed by atoms with E-state index < -0.39 is 80.9 Å². The number of benzene rings is 5. The predicted molar refractivity (Wildman–Crippen MR) is 281 cm³/mol. The fourth-order valence-corrected chi connectivity index (χ4v) is 12.3. The van der Waals surface area contributed by atoms with Crippen molar-refractivity contribution in [2.75, 3.05) is 23.9 Å². The van der Waals surface area contributed by atoms with Gasteiger partial charge in [0.05, 0.1) is 58.6 Å². The van der Waals surface area contributed by atoms with Crippen molar-refractivity contribution in [3.8, 4) is 17.7 Å². The Hall–Kier alpha value is -7.00. The standard InChI is InChI=1S/C45H40N10O16S6/c1-23-13-32(51-53-39-24(2)29(20-46)43-47-40-34(55(43)44(39)58)14-25(21-56)15-37(40)76(65,66)67)35(71-9-5-11-74(59,60)61)18-30(23)49-52-33-16-27(22-57)31(19-36(33)72-10-6-12-75(62,63)64)50-54-45-48-41-38(77(68,69)70)17-26-7-3-4-8-28(26)42(41)73-45/h3-4,7-8,13-19,56-58H,5-6,9-12,21-22H2,1-2H3,(H,59,60,61)(H,62,63,64)(H,65,66,67)(H,68,69,70). The predicted octanol–water partition coefficient (Wildman–Crippen LogP) is 9.20. The summed E-state index contributed by atoms with van der Waals surface area (Å²) in [6, 6.07) is 18.1. The van der Waals surface area contributed by atoms with Crippen molar-refractivity contribution in [1.82, 2.24) is 14.4 Å². The zero-order valence-corrected chi connectivity index (χ0v) is 44.6. The number of azo groups is 3. The number of nitrogens with zero attached hydrogens (tertiary/aromatic N) is 10. The lowest BCUT2D eigenvalue weighted by Crippen LogP contribution is -2.08. The van der Waals surface area contributed by atoms with Gasteiger partial charge in [-0.3, -0.25) is 22.6 Å². The summed E-state index contributed by atoms with van der Waals surface area (Å²) in [5, 5.41) is 69.4. The molecule has 0 saturated heterocycles. The second kappa shape index (κ2) is 22.2. The molecule has 26 nitrogen and oxygen atoms in total. The van der Waals surface area contributed by atoms with Gasteiger partial charge in [0.2, 0.25) is 11.0 Å². The molecule has 0 bridgehead atoms. The molecule has 8 aromatic rings. The first-order valence-corrected chi connectivity index (χ1v) is 30.0. The average molecular weight is 1170 g/mol. The van der Waals surface area contributed by atoms with Gasteiger partial charge in [0.15, 0.2) is 11.3 Å². The molecule has 0 radical (unpaired) electrons. The minimum atomic E-state index is -4.93. The zero-order valence-electron chi connectivity index (χ0n) is 39.7. The molecule has 32 heteroatoms. The van der Waals surface area contributed by atoms with E-state index in [0.29, 0.717) is 25.9 Å². The number of thioether (sulfide) groups is 1. The van der Waals surface area contributed by atoms with Crippen LogP contribution in [0.1, 0.15) is 40.7 Å². The van der Waals surface area contributed by atoms with Crippen molar-refractivity contribution in [2.45, 2.75) is 54.6 Å². The number of ether oxygens (including phenoxy) is 1. The third kappa shape index (κ3) is 12.6. The Labute approximate surface area is 445 Å². The molecule has 3 heterocycles. The van der Waals surface area contributed by atoms with Crippen LogP contribution in [-0.4, -0.2) is 105 Å². The van der Waals surface area contributed by atoms with E-state index in [9.17, 15) is 72.5 Å². The van der Waals surface area contributed by atoms with Gasteiger partial charge in [0.25, 0.3) is 40.5 Å². The van der Waals surface area contributed by atoms with Crippen molar-refractivity contribution in [1.29, 1.82) is 5.26 Å². The highest BCUT2D eigenvalue weighted by molar-refractivity contribution is 7.99. The third-order valence-corrected chi connectivity index (χ3v) is 16.8. The van der Waals surface area contributed by atoms with Crippen LogP contribution in [0.3, 0.4) is 0 Å². The lowest BCUT2D eigenvalue weighted by molar-refractivity contribution is 0.281. The molecule has 0 aliphatic heterocycles. The molecule has 7 N–H and O–H groups in total. The third-order valence-electron chi connectivity index (χ3n) is 11.3.